The van der Waals surface area contributed by atoms with Crippen molar-refractivity contribution in [2.24, 2.45) is 0 Å². The van der Waals surface area contributed by atoms with Gasteiger partial charge >= 0.3 is 5.97 Å². The van der Waals surface area contributed by atoms with Crippen LogP contribution in [0.2, 0.25) is 5.02 Å². The Hall–Kier alpha value is -3.63. The Morgan fingerprint density at radius 2 is 1.95 bits per heavy atom. The molecule has 3 aromatic rings. The SMILES string of the molecule is O=C(O)C(CCN(CCCCc1ccc2c(n1)NCCC2)CCOc1ccccc1)NC(=O)C1(c2[nH]ncc2Cl)CC1. The van der Waals surface area contributed by atoms with Gasteiger partial charge in [0.2, 0.25) is 5.91 Å². The molecule has 1 atom stereocenters. The number of aromatic amines is 1. The fourth-order valence-electron chi connectivity index (χ4n) is 5.48. The molecule has 5 rings (SSSR count). The highest BCUT2D eigenvalue weighted by atomic mass is 35.5. The highest BCUT2D eigenvalue weighted by Gasteiger charge is 2.54. The number of carbonyl (C=O) groups is 2. The minimum absolute atomic E-state index is 0.275. The topological polar surface area (TPSA) is 132 Å². The van der Waals surface area contributed by atoms with Gasteiger partial charge in [-0.3, -0.25) is 14.8 Å². The molecule has 0 radical (unpaired) electrons. The van der Waals surface area contributed by atoms with Gasteiger partial charge in [-0.05, 0) is 81.7 Å². The second kappa shape index (κ2) is 14.0. The summed E-state index contributed by atoms with van der Waals surface area (Å²) in [5.74, 6) is 0.435. The summed E-state index contributed by atoms with van der Waals surface area (Å²) in [6.07, 6.45) is 7.95. The molecule has 10 nitrogen and oxygen atoms in total. The number of ether oxygens (including phenoxy) is 1. The third-order valence-corrected chi connectivity index (χ3v) is 8.41. The number of hydrogen-bond donors (Lipinski definition) is 4. The molecule has 1 fully saturated rings. The molecule has 0 bridgehead atoms. The molecule has 1 aliphatic carbocycles. The van der Waals surface area contributed by atoms with Gasteiger partial charge in [0.15, 0.2) is 0 Å². The van der Waals surface area contributed by atoms with Gasteiger partial charge in [-0.2, -0.15) is 5.10 Å². The first kappa shape index (κ1) is 29.8. The molecule has 4 N–H and O–H groups in total. The Bertz CT molecular complexity index is 1350. The molecule has 3 heterocycles. The quantitative estimate of drug-likeness (QED) is 0.181. The maximum Gasteiger partial charge on any atom is 0.326 e. The minimum Gasteiger partial charge on any atom is -0.492 e. The first-order valence-corrected chi connectivity index (χ1v) is 15.2. The van der Waals surface area contributed by atoms with Gasteiger partial charge in [0.1, 0.15) is 24.2 Å². The average Bonchev–Trinajstić information content (AvgIpc) is 3.70. The van der Waals surface area contributed by atoms with Crippen molar-refractivity contribution in [3.05, 3.63) is 70.6 Å². The van der Waals surface area contributed by atoms with Gasteiger partial charge in [-0.1, -0.05) is 35.9 Å². The number of para-hydroxylation sites is 1. The zero-order valence-electron chi connectivity index (χ0n) is 23.8. The normalized spacial score (nSPS) is 15.9. The minimum atomic E-state index is -1.05. The molecule has 0 saturated heterocycles. The summed E-state index contributed by atoms with van der Waals surface area (Å²) in [6, 6.07) is 12.9. The molecule has 42 heavy (non-hydrogen) atoms. The Kier molecular flexibility index (Phi) is 9.97. The van der Waals surface area contributed by atoms with Crippen LogP contribution in [0.5, 0.6) is 5.75 Å². The van der Waals surface area contributed by atoms with E-state index < -0.39 is 17.4 Å². The molecule has 2 aliphatic rings. The molecule has 1 aliphatic heterocycles. The average molecular weight is 595 g/mol. The van der Waals surface area contributed by atoms with Gasteiger partial charge in [0.05, 0.1) is 22.3 Å². The number of aromatic nitrogens is 3. The smallest absolute Gasteiger partial charge is 0.326 e. The van der Waals surface area contributed by atoms with E-state index >= 15 is 0 Å². The Balaban J connectivity index is 1.15. The lowest BCUT2D eigenvalue weighted by Gasteiger charge is -2.25. The van der Waals surface area contributed by atoms with E-state index in [1.807, 2.05) is 30.3 Å². The van der Waals surface area contributed by atoms with Crippen molar-refractivity contribution >= 4 is 29.3 Å². The summed E-state index contributed by atoms with van der Waals surface area (Å²) in [5, 5.41) is 23.2. The van der Waals surface area contributed by atoms with E-state index in [1.54, 1.807) is 0 Å². The number of pyridine rings is 1. The number of halogens is 1. The summed E-state index contributed by atoms with van der Waals surface area (Å²) >= 11 is 6.22. The van der Waals surface area contributed by atoms with E-state index in [1.165, 1.54) is 11.8 Å². The van der Waals surface area contributed by atoms with Crippen LogP contribution < -0.4 is 15.4 Å². The number of unbranched alkanes of at least 4 members (excludes halogenated alkanes) is 1. The standard InChI is InChI=1S/C31H39ClN6O4/c32-25-21-34-37-27(25)31(14-15-31)30(41)36-26(29(39)40)13-18-38(19-20-42-24-9-2-1-3-10-24)17-5-4-8-23-12-11-22-7-6-16-33-28(22)35-23/h1-3,9-12,21,26H,4-8,13-20H2,(H,33,35)(H,34,37)(H,36,41)(H,39,40). The van der Waals surface area contributed by atoms with E-state index in [9.17, 15) is 14.7 Å². The fraction of sp³-hybridized carbons (Fsp3) is 0.484. The molecular weight excluding hydrogens is 556 g/mol. The van der Waals surface area contributed by atoms with Crippen LogP contribution in [0.4, 0.5) is 5.82 Å². The van der Waals surface area contributed by atoms with Crippen LogP contribution in [0.25, 0.3) is 0 Å². The molecule has 1 unspecified atom stereocenters. The van der Waals surface area contributed by atoms with Gasteiger partial charge < -0.3 is 20.5 Å². The molecule has 1 saturated carbocycles. The molecule has 11 heteroatoms. The van der Waals surface area contributed by atoms with Crippen molar-refractivity contribution in [2.45, 2.75) is 62.8 Å². The van der Waals surface area contributed by atoms with Crippen molar-refractivity contribution in [1.82, 2.24) is 25.4 Å². The van der Waals surface area contributed by atoms with E-state index in [2.05, 4.69) is 37.9 Å². The monoisotopic (exact) mass is 594 g/mol. The zero-order chi connectivity index (χ0) is 29.4. The number of carboxylic acids is 1. The summed E-state index contributed by atoms with van der Waals surface area (Å²) in [4.78, 5) is 32.3. The van der Waals surface area contributed by atoms with E-state index in [0.717, 1.165) is 62.5 Å². The lowest BCUT2D eigenvalue weighted by Crippen LogP contribution is -2.47. The summed E-state index contributed by atoms with van der Waals surface area (Å²) in [6.45, 7) is 3.39. The van der Waals surface area contributed by atoms with Crippen LogP contribution in [0, 0.1) is 0 Å². The summed E-state index contributed by atoms with van der Waals surface area (Å²) in [5.41, 5.74) is 2.09. The number of H-pyrrole nitrogens is 1. The van der Waals surface area contributed by atoms with Crippen LogP contribution in [0.15, 0.2) is 48.7 Å². The van der Waals surface area contributed by atoms with Crippen LogP contribution in [0.1, 0.15) is 55.5 Å². The van der Waals surface area contributed by atoms with Gasteiger partial charge in [-0.15, -0.1) is 0 Å². The number of aryl methyl sites for hydroxylation is 2. The largest absolute Gasteiger partial charge is 0.492 e. The molecule has 1 amide bonds. The summed E-state index contributed by atoms with van der Waals surface area (Å²) < 4.78 is 5.92. The summed E-state index contributed by atoms with van der Waals surface area (Å²) in [7, 11) is 0. The van der Waals surface area contributed by atoms with Crippen molar-refractivity contribution in [3.63, 3.8) is 0 Å². The third-order valence-electron chi connectivity index (χ3n) is 8.12. The number of carbonyl (C=O) groups excluding carboxylic acids is 1. The first-order chi connectivity index (χ1) is 20.4. The van der Waals surface area contributed by atoms with Crippen LogP contribution in [-0.2, 0) is 27.8 Å². The lowest BCUT2D eigenvalue weighted by molar-refractivity contribution is -0.142. The van der Waals surface area contributed by atoms with Gasteiger partial charge in [0, 0.05) is 25.3 Å². The second-order valence-corrected chi connectivity index (χ2v) is 11.5. The van der Waals surface area contributed by atoms with Crippen molar-refractivity contribution in [1.29, 1.82) is 0 Å². The number of amides is 1. The number of carboxylic acid groups (broad SMARTS) is 1. The highest BCUT2D eigenvalue weighted by Crippen LogP contribution is 2.49. The number of anilines is 1. The van der Waals surface area contributed by atoms with Crippen LogP contribution in [-0.4, -0.2) is 75.9 Å². The van der Waals surface area contributed by atoms with E-state index in [4.69, 9.17) is 21.3 Å². The van der Waals surface area contributed by atoms with Gasteiger partial charge in [-0.25, -0.2) is 9.78 Å². The number of nitrogens with zero attached hydrogens (tertiary/aromatic N) is 3. The second-order valence-electron chi connectivity index (χ2n) is 11.1. The Labute approximate surface area is 251 Å². The van der Waals surface area contributed by atoms with Crippen LogP contribution in [0.3, 0.4) is 0 Å². The van der Waals surface area contributed by atoms with E-state index in [-0.39, 0.29) is 12.3 Å². The predicted octanol–water partition coefficient (Wildman–Crippen LogP) is 4.21. The maximum absolute atomic E-state index is 13.2. The highest BCUT2D eigenvalue weighted by molar-refractivity contribution is 6.31. The molecular formula is C31H39ClN6O4. The maximum atomic E-state index is 13.2. The molecule has 2 aromatic heterocycles. The number of nitrogens with one attached hydrogen (secondary N) is 3. The Morgan fingerprint density at radius 1 is 1.12 bits per heavy atom. The Morgan fingerprint density at radius 3 is 2.69 bits per heavy atom. The first-order valence-electron chi connectivity index (χ1n) is 14.8. The molecule has 1 aromatic carbocycles. The molecule has 224 valence electrons. The number of aliphatic carboxylic acids is 1. The van der Waals surface area contributed by atoms with Crippen molar-refractivity contribution < 1.29 is 19.4 Å². The van der Waals surface area contributed by atoms with Crippen LogP contribution >= 0.6 is 11.6 Å². The number of rotatable bonds is 16. The predicted molar refractivity (Wildman–Crippen MR) is 161 cm³/mol. The zero-order valence-corrected chi connectivity index (χ0v) is 24.5. The number of benzene rings is 1. The number of hydrogen-bond acceptors (Lipinski definition) is 7. The van der Waals surface area contributed by atoms with Crippen molar-refractivity contribution in [3.8, 4) is 5.75 Å². The molecule has 0 spiro atoms. The number of fused-ring (bicyclic) bond motifs is 1. The van der Waals surface area contributed by atoms with E-state index in [0.29, 0.717) is 43.3 Å². The van der Waals surface area contributed by atoms with Crippen molar-refractivity contribution in [2.75, 3.05) is 38.1 Å². The lowest BCUT2D eigenvalue weighted by atomic mass is 10.0. The third kappa shape index (κ3) is 7.60. The van der Waals surface area contributed by atoms with Gasteiger partial charge in [0.25, 0.3) is 0 Å². The fourth-order valence-corrected chi connectivity index (χ4v) is 5.75.